The third kappa shape index (κ3) is 3.00. The fourth-order valence-electron chi connectivity index (χ4n) is 3.05. The molecule has 0 aliphatic heterocycles. The Bertz CT molecular complexity index is 448. The van der Waals surface area contributed by atoms with Crippen molar-refractivity contribution in [3.05, 3.63) is 34.1 Å². The van der Waals surface area contributed by atoms with Crippen molar-refractivity contribution in [1.29, 1.82) is 0 Å². The monoisotopic (exact) mass is 312 g/mol. The first-order valence-electron chi connectivity index (χ1n) is 6.46. The summed E-state index contributed by atoms with van der Waals surface area (Å²) in [4.78, 5) is 12.4. The third-order valence-corrected chi connectivity index (χ3v) is 4.36. The fourth-order valence-corrected chi connectivity index (χ4v) is 3.42. The molecule has 3 heteroatoms. The second-order valence-corrected chi connectivity index (χ2v) is 6.46. The summed E-state index contributed by atoms with van der Waals surface area (Å²) in [6.45, 7) is 4.41. The lowest BCUT2D eigenvalue weighted by molar-refractivity contribution is 0.0836. The average Bonchev–Trinajstić information content (AvgIpc) is 2.30. The van der Waals surface area contributed by atoms with Crippen LogP contribution in [-0.4, -0.2) is 5.78 Å². The Labute approximate surface area is 116 Å². The summed E-state index contributed by atoms with van der Waals surface area (Å²) >= 11 is 3.13. The molecule has 0 aromatic heterocycles. The summed E-state index contributed by atoms with van der Waals surface area (Å²) < 4.78 is 13.5. The van der Waals surface area contributed by atoms with Gasteiger partial charge in [-0.05, 0) is 65.2 Å². The van der Waals surface area contributed by atoms with E-state index < -0.39 is 0 Å². The number of benzene rings is 1. The lowest BCUT2D eigenvalue weighted by Gasteiger charge is -2.30. The van der Waals surface area contributed by atoms with E-state index in [0.29, 0.717) is 21.9 Å². The molecule has 1 aliphatic carbocycles. The van der Waals surface area contributed by atoms with Crippen molar-refractivity contribution < 1.29 is 9.18 Å². The molecule has 0 spiro atoms. The normalized spacial score (nSPS) is 28.1. The van der Waals surface area contributed by atoms with Crippen molar-refractivity contribution in [2.24, 2.45) is 17.8 Å². The number of carbonyl (C=O) groups is 1. The molecule has 0 N–H and O–H groups in total. The van der Waals surface area contributed by atoms with Gasteiger partial charge in [0, 0.05) is 11.5 Å². The summed E-state index contributed by atoms with van der Waals surface area (Å²) in [6, 6.07) is 4.54. The Morgan fingerprint density at radius 1 is 1.22 bits per heavy atom. The second kappa shape index (κ2) is 5.52. The summed E-state index contributed by atoms with van der Waals surface area (Å²) in [5, 5.41) is 0. The van der Waals surface area contributed by atoms with E-state index in [1.165, 1.54) is 12.5 Å². The predicted octanol–water partition coefficient (Wildman–Crippen LogP) is 4.84. The zero-order valence-electron chi connectivity index (χ0n) is 10.7. The predicted molar refractivity (Wildman–Crippen MR) is 74.1 cm³/mol. The van der Waals surface area contributed by atoms with E-state index in [2.05, 4.69) is 29.8 Å². The van der Waals surface area contributed by atoms with E-state index in [1.54, 1.807) is 12.1 Å². The van der Waals surface area contributed by atoms with E-state index >= 15 is 0 Å². The van der Waals surface area contributed by atoms with Gasteiger partial charge in [0.15, 0.2) is 5.78 Å². The van der Waals surface area contributed by atoms with E-state index in [9.17, 15) is 9.18 Å². The van der Waals surface area contributed by atoms with Gasteiger partial charge in [0.2, 0.25) is 0 Å². The largest absolute Gasteiger partial charge is 0.294 e. The number of halogens is 2. The first kappa shape index (κ1) is 13.7. The lowest BCUT2D eigenvalue weighted by atomic mass is 9.74. The second-order valence-electron chi connectivity index (χ2n) is 5.61. The Morgan fingerprint density at radius 2 is 1.83 bits per heavy atom. The Balaban J connectivity index is 2.17. The maximum atomic E-state index is 13.2. The topological polar surface area (TPSA) is 17.1 Å². The molecule has 0 bridgehead atoms. The molecule has 0 amide bonds. The van der Waals surface area contributed by atoms with E-state index in [4.69, 9.17) is 0 Å². The van der Waals surface area contributed by atoms with Gasteiger partial charge in [-0.25, -0.2) is 4.39 Å². The molecule has 2 unspecified atom stereocenters. The molecule has 2 atom stereocenters. The molecule has 98 valence electrons. The number of hydrogen-bond acceptors (Lipinski definition) is 1. The maximum Gasteiger partial charge on any atom is 0.166 e. The fraction of sp³-hybridized carbons (Fsp3) is 0.533. The minimum absolute atomic E-state index is 0.0983. The average molecular weight is 313 g/mol. The van der Waals surface area contributed by atoms with Gasteiger partial charge in [-0.1, -0.05) is 13.8 Å². The smallest absolute Gasteiger partial charge is 0.166 e. The summed E-state index contributed by atoms with van der Waals surface area (Å²) in [7, 11) is 0. The minimum Gasteiger partial charge on any atom is -0.294 e. The third-order valence-electron chi connectivity index (χ3n) is 3.75. The lowest BCUT2D eigenvalue weighted by Crippen LogP contribution is -2.26. The van der Waals surface area contributed by atoms with Crippen molar-refractivity contribution in [2.45, 2.75) is 33.1 Å². The van der Waals surface area contributed by atoms with Crippen LogP contribution >= 0.6 is 15.9 Å². The van der Waals surface area contributed by atoms with Crippen LogP contribution in [0.2, 0.25) is 0 Å². The highest BCUT2D eigenvalue weighted by atomic mass is 79.9. The van der Waals surface area contributed by atoms with Gasteiger partial charge in [0.25, 0.3) is 0 Å². The maximum absolute atomic E-state index is 13.2. The molecule has 1 nitrogen and oxygen atoms in total. The van der Waals surface area contributed by atoms with Gasteiger partial charge in [0.05, 0.1) is 4.47 Å². The van der Waals surface area contributed by atoms with E-state index in [-0.39, 0.29) is 17.5 Å². The van der Waals surface area contributed by atoms with Crippen LogP contribution in [0, 0.1) is 23.6 Å². The number of carbonyl (C=O) groups excluding carboxylic acids is 1. The van der Waals surface area contributed by atoms with Crippen LogP contribution in [0.1, 0.15) is 43.5 Å². The first-order valence-corrected chi connectivity index (χ1v) is 7.26. The van der Waals surface area contributed by atoms with Crippen LogP contribution in [0.25, 0.3) is 0 Å². The summed E-state index contributed by atoms with van der Waals surface area (Å²) in [6.07, 6.45) is 3.12. The molecule has 1 aliphatic rings. The SMILES string of the molecule is CC1CC(C)CC(C(=O)c2ccc(F)c(Br)c2)C1. The zero-order chi connectivity index (χ0) is 13.3. The number of hydrogen-bond donors (Lipinski definition) is 0. The van der Waals surface area contributed by atoms with Gasteiger partial charge in [-0.3, -0.25) is 4.79 Å². The molecular formula is C15H18BrFO. The molecule has 18 heavy (non-hydrogen) atoms. The molecule has 1 fully saturated rings. The van der Waals surface area contributed by atoms with Crippen molar-refractivity contribution in [3.8, 4) is 0 Å². The van der Waals surface area contributed by atoms with Gasteiger partial charge in [-0.2, -0.15) is 0 Å². The van der Waals surface area contributed by atoms with Gasteiger partial charge in [0.1, 0.15) is 5.82 Å². The van der Waals surface area contributed by atoms with Gasteiger partial charge < -0.3 is 0 Å². The van der Waals surface area contributed by atoms with Gasteiger partial charge >= 0.3 is 0 Å². The van der Waals surface area contributed by atoms with Crippen LogP contribution < -0.4 is 0 Å². The highest BCUT2D eigenvalue weighted by Gasteiger charge is 2.29. The molecule has 2 rings (SSSR count). The van der Waals surface area contributed by atoms with Crippen molar-refractivity contribution in [2.75, 3.05) is 0 Å². The quantitative estimate of drug-likeness (QED) is 0.714. The van der Waals surface area contributed by atoms with Crippen LogP contribution in [-0.2, 0) is 0 Å². The Morgan fingerprint density at radius 3 is 2.39 bits per heavy atom. The molecule has 1 saturated carbocycles. The molecule has 0 radical (unpaired) electrons. The van der Waals surface area contributed by atoms with Crippen molar-refractivity contribution >= 4 is 21.7 Å². The number of ketones is 1. The standard InChI is InChI=1S/C15H18BrFO/c1-9-5-10(2)7-12(6-9)15(18)11-3-4-14(17)13(16)8-11/h3-4,8-10,12H,5-7H2,1-2H3. The molecule has 0 heterocycles. The van der Waals surface area contributed by atoms with E-state index in [1.807, 2.05) is 0 Å². The number of Topliss-reactive ketones (excluding diaryl/α,β-unsaturated/α-hetero) is 1. The highest BCUT2D eigenvalue weighted by molar-refractivity contribution is 9.10. The summed E-state index contributed by atoms with van der Waals surface area (Å²) in [5.41, 5.74) is 0.620. The zero-order valence-corrected chi connectivity index (χ0v) is 12.3. The highest BCUT2D eigenvalue weighted by Crippen LogP contribution is 2.35. The first-order chi connectivity index (χ1) is 8.47. The molecule has 0 saturated heterocycles. The Hall–Kier alpha value is -0.700. The molecule has 1 aromatic carbocycles. The van der Waals surface area contributed by atoms with Gasteiger partial charge in [-0.15, -0.1) is 0 Å². The van der Waals surface area contributed by atoms with Crippen LogP contribution in [0.4, 0.5) is 4.39 Å². The molecular weight excluding hydrogens is 295 g/mol. The number of rotatable bonds is 2. The van der Waals surface area contributed by atoms with Crippen molar-refractivity contribution in [3.63, 3.8) is 0 Å². The van der Waals surface area contributed by atoms with Crippen LogP contribution in [0.5, 0.6) is 0 Å². The van der Waals surface area contributed by atoms with E-state index in [0.717, 1.165) is 12.8 Å². The van der Waals surface area contributed by atoms with Crippen LogP contribution in [0.3, 0.4) is 0 Å². The summed E-state index contributed by atoms with van der Waals surface area (Å²) in [5.74, 6) is 1.14. The molecule has 1 aromatic rings. The Kier molecular flexibility index (Phi) is 4.21. The van der Waals surface area contributed by atoms with Crippen molar-refractivity contribution in [1.82, 2.24) is 0 Å². The van der Waals surface area contributed by atoms with Crippen LogP contribution in [0.15, 0.2) is 22.7 Å². The minimum atomic E-state index is -0.322.